The van der Waals surface area contributed by atoms with E-state index in [4.69, 9.17) is 21.1 Å². The summed E-state index contributed by atoms with van der Waals surface area (Å²) in [6, 6.07) is 12.6. The first kappa shape index (κ1) is 15.4. The van der Waals surface area contributed by atoms with Gasteiger partial charge in [0.15, 0.2) is 0 Å². The average molecular weight is 343 g/mol. The summed E-state index contributed by atoms with van der Waals surface area (Å²) in [5, 5.41) is 3.62. The molecule has 0 saturated carbocycles. The molecule has 6 heteroatoms. The standard InChI is InChI=1S/C17H11ClN2O2S/c1-21-11-2-4-13-16(9-11)19-7-6-17(13)22-12-3-5-15(20-10-23)14(18)8-12/h2-9H,1H3. The van der Waals surface area contributed by atoms with Gasteiger partial charge in [-0.3, -0.25) is 4.98 Å². The van der Waals surface area contributed by atoms with Crippen LogP contribution in [0.5, 0.6) is 17.2 Å². The zero-order valence-electron chi connectivity index (χ0n) is 12.1. The van der Waals surface area contributed by atoms with Gasteiger partial charge in [-0.15, -0.1) is 0 Å². The van der Waals surface area contributed by atoms with Gasteiger partial charge in [0.05, 0.1) is 28.5 Å². The fraction of sp³-hybridized carbons (Fsp3) is 0.0588. The van der Waals surface area contributed by atoms with Gasteiger partial charge in [0.2, 0.25) is 0 Å². The maximum atomic E-state index is 6.14. The molecule has 0 aliphatic carbocycles. The fourth-order valence-electron chi connectivity index (χ4n) is 2.14. The first-order valence-corrected chi connectivity index (χ1v) is 7.48. The molecule has 1 heterocycles. The number of hydrogen-bond donors (Lipinski definition) is 0. The number of aliphatic imine (C=N–C) groups is 1. The summed E-state index contributed by atoms with van der Waals surface area (Å²) in [5.41, 5.74) is 1.34. The molecule has 2 aromatic carbocycles. The molecule has 1 aromatic heterocycles. The number of halogens is 1. The van der Waals surface area contributed by atoms with E-state index in [0.29, 0.717) is 22.2 Å². The van der Waals surface area contributed by atoms with E-state index in [1.807, 2.05) is 18.2 Å². The molecule has 0 spiro atoms. The number of nitrogens with zero attached hydrogens (tertiary/aromatic N) is 2. The third-order valence-electron chi connectivity index (χ3n) is 3.22. The van der Waals surface area contributed by atoms with E-state index in [1.54, 1.807) is 37.6 Å². The van der Waals surface area contributed by atoms with Crippen LogP contribution in [0.25, 0.3) is 10.9 Å². The van der Waals surface area contributed by atoms with E-state index in [2.05, 4.69) is 27.4 Å². The predicted octanol–water partition coefficient (Wildman–Crippen LogP) is 5.42. The van der Waals surface area contributed by atoms with Crippen LogP contribution >= 0.6 is 23.8 Å². The van der Waals surface area contributed by atoms with Gasteiger partial charge in [-0.05, 0) is 42.5 Å². The Hall–Kier alpha value is -2.46. The molecule has 0 bridgehead atoms. The van der Waals surface area contributed by atoms with Crippen LogP contribution < -0.4 is 9.47 Å². The first-order valence-electron chi connectivity index (χ1n) is 6.69. The molecule has 4 nitrogen and oxygen atoms in total. The van der Waals surface area contributed by atoms with Gasteiger partial charge >= 0.3 is 0 Å². The van der Waals surface area contributed by atoms with Crippen LogP contribution in [0.1, 0.15) is 0 Å². The minimum atomic E-state index is 0.444. The Morgan fingerprint density at radius 2 is 1.96 bits per heavy atom. The molecule has 0 aliphatic rings. The van der Waals surface area contributed by atoms with Gasteiger partial charge in [0.1, 0.15) is 17.2 Å². The number of methoxy groups -OCH3 is 1. The van der Waals surface area contributed by atoms with E-state index in [0.717, 1.165) is 16.7 Å². The van der Waals surface area contributed by atoms with Gasteiger partial charge in [0.25, 0.3) is 0 Å². The van der Waals surface area contributed by atoms with Crippen molar-refractivity contribution in [2.45, 2.75) is 0 Å². The molecule has 0 fully saturated rings. The summed E-state index contributed by atoms with van der Waals surface area (Å²) in [5.74, 6) is 2.02. The first-order chi connectivity index (χ1) is 11.2. The van der Waals surface area contributed by atoms with Crippen molar-refractivity contribution < 1.29 is 9.47 Å². The summed E-state index contributed by atoms with van der Waals surface area (Å²) in [4.78, 5) is 8.20. The van der Waals surface area contributed by atoms with Gasteiger partial charge in [0, 0.05) is 23.7 Å². The van der Waals surface area contributed by atoms with Gasteiger partial charge < -0.3 is 9.47 Å². The highest BCUT2D eigenvalue weighted by atomic mass is 35.5. The van der Waals surface area contributed by atoms with Gasteiger partial charge in [-0.2, -0.15) is 4.99 Å². The Morgan fingerprint density at radius 3 is 2.70 bits per heavy atom. The molecule has 0 unspecified atom stereocenters. The number of rotatable bonds is 4. The van der Waals surface area contributed by atoms with Crippen molar-refractivity contribution in [3.8, 4) is 17.2 Å². The molecular weight excluding hydrogens is 332 g/mol. The molecule has 0 radical (unpaired) electrons. The second-order valence-corrected chi connectivity index (χ2v) is 5.20. The Labute approximate surface area is 143 Å². The average Bonchev–Trinajstić information content (AvgIpc) is 2.57. The number of pyridine rings is 1. The molecule has 0 amide bonds. The maximum absolute atomic E-state index is 6.14. The van der Waals surface area contributed by atoms with Crippen LogP contribution in [0, 0.1) is 0 Å². The van der Waals surface area contributed by atoms with Crippen LogP contribution in [-0.4, -0.2) is 17.3 Å². The fourth-order valence-corrected chi connectivity index (χ4v) is 2.45. The minimum absolute atomic E-state index is 0.444. The molecule has 3 aromatic rings. The monoisotopic (exact) mass is 342 g/mol. The summed E-state index contributed by atoms with van der Waals surface area (Å²) >= 11 is 10.7. The Morgan fingerprint density at radius 1 is 1.13 bits per heavy atom. The van der Waals surface area contributed by atoms with Crippen molar-refractivity contribution >= 4 is 45.6 Å². The van der Waals surface area contributed by atoms with E-state index in [-0.39, 0.29) is 0 Å². The zero-order chi connectivity index (χ0) is 16.2. The minimum Gasteiger partial charge on any atom is -0.497 e. The van der Waals surface area contributed by atoms with Crippen LogP contribution in [-0.2, 0) is 0 Å². The lowest BCUT2D eigenvalue weighted by Gasteiger charge is -2.10. The second-order valence-electron chi connectivity index (χ2n) is 4.61. The topological polar surface area (TPSA) is 43.7 Å². The summed E-state index contributed by atoms with van der Waals surface area (Å²) in [6.07, 6.45) is 1.68. The number of benzene rings is 2. The Kier molecular flexibility index (Phi) is 4.53. The zero-order valence-corrected chi connectivity index (χ0v) is 13.7. The number of aromatic nitrogens is 1. The van der Waals surface area contributed by atoms with Crippen molar-refractivity contribution in [3.63, 3.8) is 0 Å². The van der Waals surface area contributed by atoms with Crippen molar-refractivity contribution in [1.29, 1.82) is 0 Å². The van der Waals surface area contributed by atoms with Gasteiger partial charge in [-0.1, -0.05) is 11.6 Å². The number of ether oxygens (including phenoxy) is 2. The summed E-state index contributed by atoms with van der Waals surface area (Å²) in [7, 11) is 1.62. The van der Waals surface area contributed by atoms with E-state index in [1.165, 1.54) is 0 Å². The molecule has 0 N–H and O–H groups in total. The smallest absolute Gasteiger partial charge is 0.138 e. The number of hydrogen-bond acceptors (Lipinski definition) is 5. The third kappa shape index (κ3) is 3.32. The molecule has 3 rings (SSSR count). The molecular formula is C17H11ClN2O2S. The normalized spacial score (nSPS) is 10.2. The maximum Gasteiger partial charge on any atom is 0.138 e. The Balaban J connectivity index is 1.98. The van der Waals surface area contributed by atoms with E-state index >= 15 is 0 Å². The number of isothiocyanates is 1. The van der Waals surface area contributed by atoms with Crippen molar-refractivity contribution in [2.24, 2.45) is 4.99 Å². The van der Waals surface area contributed by atoms with Crippen molar-refractivity contribution in [2.75, 3.05) is 7.11 Å². The lowest BCUT2D eigenvalue weighted by Crippen LogP contribution is -1.89. The molecule has 0 atom stereocenters. The van der Waals surface area contributed by atoms with Crippen LogP contribution in [0.4, 0.5) is 5.69 Å². The van der Waals surface area contributed by atoms with E-state index in [9.17, 15) is 0 Å². The third-order valence-corrected chi connectivity index (χ3v) is 3.62. The highest BCUT2D eigenvalue weighted by Gasteiger charge is 2.07. The largest absolute Gasteiger partial charge is 0.497 e. The number of thiocarbonyl (C=S) groups is 1. The lowest BCUT2D eigenvalue weighted by molar-refractivity contribution is 0.415. The highest BCUT2D eigenvalue weighted by Crippen LogP contribution is 2.34. The van der Waals surface area contributed by atoms with Crippen LogP contribution in [0.15, 0.2) is 53.7 Å². The molecule has 114 valence electrons. The van der Waals surface area contributed by atoms with Crippen molar-refractivity contribution in [3.05, 3.63) is 53.7 Å². The second kappa shape index (κ2) is 6.75. The summed E-state index contributed by atoms with van der Waals surface area (Å²) < 4.78 is 11.1. The van der Waals surface area contributed by atoms with Crippen LogP contribution in [0.2, 0.25) is 5.02 Å². The van der Waals surface area contributed by atoms with Crippen LogP contribution in [0.3, 0.4) is 0 Å². The molecule has 0 saturated heterocycles. The quantitative estimate of drug-likeness (QED) is 0.469. The highest BCUT2D eigenvalue weighted by molar-refractivity contribution is 7.78. The predicted molar refractivity (Wildman–Crippen MR) is 94.5 cm³/mol. The molecule has 0 aliphatic heterocycles. The van der Waals surface area contributed by atoms with Gasteiger partial charge in [-0.25, -0.2) is 0 Å². The number of fused-ring (bicyclic) bond motifs is 1. The molecule has 23 heavy (non-hydrogen) atoms. The Bertz CT molecular complexity index is 924. The van der Waals surface area contributed by atoms with E-state index < -0.39 is 0 Å². The summed E-state index contributed by atoms with van der Waals surface area (Å²) in [6.45, 7) is 0. The van der Waals surface area contributed by atoms with Crippen molar-refractivity contribution in [1.82, 2.24) is 4.98 Å². The lowest BCUT2D eigenvalue weighted by atomic mass is 10.2. The SMILES string of the molecule is COc1ccc2c(Oc3ccc(N=C=S)c(Cl)c3)ccnc2c1.